The molecule has 6 nitrogen and oxygen atoms in total. The first-order chi connectivity index (χ1) is 15.0. The van der Waals surface area contributed by atoms with Gasteiger partial charge in [-0.3, -0.25) is 19.5 Å². The summed E-state index contributed by atoms with van der Waals surface area (Å²) in [6.45, 7) is 1.96. The van der Waals surface area contributed by atoms with Crippen molar-refractivity contribution in [2.45, 2.75) is 13.5 Å². The molecule has 0 aliphatic carbocycles. The number of benzene rings is 2. The van der Waals surface area contributed by atoms with E-state index in [4.69, 9.17) is 16.3 Å². The van der Waals surface area contributed by atoms with E-state index in [0.717, 1.165) is 5.56 Å². The topological polar surface area (TPSA) is 71.5 Å². The van der Waals surface area contributed by atoms with Gasteiger partial charge in [0.1, 0.15) is 11.4 Å². The number of hydrogen-bond donors (Lipinski definition) is 1. The number of aryl methyl sites for hydroxylation is 1. The van der Waals surface area contributed by atoms with Gasteiger partial charge in [0.05, 0.1) is 24.9 Å². The van der Waals surface area contributed by atoms with E-state index in [1.54, 1.807) is 48.7 Å². The Morgan fingerprint density at radius 3 is 2.55 bits per heavy atom. The first-order valence-electron chi connectivity index (χ1n) is 9.66. The Bertz CT molecular complexity index is 1190. The number of halogens is 1. The predicted molar refractivity (Wildman–Crippen MR) is 120 cm³/mol. The van der Waals surface area contributed by atoms with E-state index in [9.17, 15) is 9.59 Å². The van der Waals surface area contributed by atoms with Crippen molar-refractivity contribution < 1.29 is 14.3 Å². The smallest absolute Gasteiger partial charge is 0.278 e. The summed E-state index contributed by atoms with van der Waals surface area (Å²) in [6.07, 6.45) is 1.63. The average Bonchev–Trinajstić information content (AvgIpc) is 3.01. The van der Waals surface area contributed by atoms with E-state index in [-0.39, 0.29) is 17.8 Å². The van der Waals surface area contributed by atoms with Crippen LogP contribution in [0, 0.1) is 6.92 Å². The zero-order chi connectivity index (χ0) is 22.0. The van der Waals surface area contributed by atoms with Crippen molar-refractivity contribution in [1.82, 2.24) is 9.88 Å². The van der Waals surface area contributed by atoms with Gasteiger partial charge in [0.2, 0.25) is 0 Å². The van der Waals surface area contributed by atoms with E-state index in [1.807, 2.05) is 25.1 Å². The van der Waals surface area contributed by atoms with Gasteiger partial charge in [-0.15, -0.1) is 0 Å². The second kappa shape index (κ2) is 8.62. The van der Waals surface area contributed by atoms with Crippen LogP contribution in [0.5, 0.6) is 5.75 Å². The average molecular weight is 434 g/mol. The molecular formula is C24H20ClN3O3. The quantitative estimate of drug-likeness (QED) is 0.582. The van der Waals surface area contributed by atoms with Crippen LogP contribution < -0.4 is 10.1 Å². The van der Waals surface area contributed by atoms with Crippen LogP contribution in [-0.2, 0) is 16.1 Å². The number of carbonyl (C=O) groups is 2. The normalized spacial score (nSPS) is 13.7. The molecule has 0 atom stereocenters. The van der Waals surface area contributed by atoms with Gasteiger partial charge in [0.25, 0.3) is 11.8 Å². The highest BCUT2D eigenvalue weighted by Crippen LogP contribution is 2.36. The molecule has 0 unspecified atom stereocenters. The lowest BCUT2D eigenvalue weighted by Crippen LogP contribution is -2.32. The molecule has 7 heteroatoms. The Morgan fingerprint density at radius 1 is 1.03 bits per heavy atom. The Morgan fingerprint density at radius 2 is 1.81 bits per heavy atom. The Balaban J connectivity index is 1.82. The molecule has 1 aliphatic heterocycles. The van der Waals surface area contributed by atoms with Crippen LogP contribution in [0.15, 0.2) is 72.6 Å². The van der Waals surface area contributed by atoms with Gasteiger partial charge in [-0.25, -0.2) is 0 Å². The van der Waals surface area contributed by atoms with Crippen molar-refractivity contribution in [3.8, 4) is 5.75 Å². The Hall–Kier alpha value is -3.64. The lowest BCUT2D eigenvalue weighted by molar-refractivity contribution is -0.137. The molecule has 0 saturated carbocycles. The number of ether oxygens (including phenoxy) is 1. The second-order valence-corrected chi connectivity index (χ2v) is 7.49. The van der Waals surface area contributed by atoms with Crippen LogP contribution in [0.1, 0.15) is 16.8 Å². The Kier molecular flexibility index (Phi) is 5.73. The van der Waals surface area contributed by atoms with Gasteiger partial charge in [0.15, 0.2) is 0 Å². The predicted octanol–water partition coefficient (Wildman–Crippen LogP) is 4.44. The van der Waals surface area contributed by atoms with Crippen LogP contribution in [0.2, 0.25) is 5.02 Å². The fraction of sp³-hybridized carbons (Fsp3) is 0.125. The standard InChI is InChI=1S/C24H20ClN3O3/c1-15-10-11-16(25)13-19(15)27-22-21(18-8-3-4-9-20(18)31-2)23(29)28(24(22)30)14-17-7-5-6-12-26-17/h3-13,27H,14H2,1-2H3. The molecule has 2 heterocycles. The lowest BCUT2D eigenvalue weighted by Gasteiger charge is -2.15. The number of carbonyl (C=O) groups excluding carboxylic acids is 2. The molecule has 0 spiro atoms. The number of nitrogens with zero attached hydrogens (tertiary/aromatic N) is 2. The third-order valence-electron chi connectivity index (χ3n) is 5.05. The molecule has 3 aromatic rings. The minimum atomic E-state index is -0.434. The molecule has 2 aromatic carbocycles. The number of amides is 2. The summed E-state index contributed by atoms with van der Waals surface area (Å²) in [5.41, 5.74) is 3.11. The second-order valence-electron chi connectivity index (χ2n) is 7.05. The molecule has 0 saturated heterocycles. The maximum atomic E-state index is 13.4. The van der Waals surface area contributed by atoms with Crippen molar-refractivity contribution in [1.29, 1.82) is 0 Å². The Labute approximate surface area is 185 Å². The molecule has 0 radical (unpaired) electrons. The lowest BCUT2D eigenvalue weighted by atomic mass is 10.0. The molecule has 2 amide bonds. The molecule has 0 fully saturated rings. The molecule has 156 valence electrons. The molecule has 0 bridgehead atoms. The summed E-state index contributed by atoms with van der Waals surface area (Å²) in [6, 6.07) is 17.8. The van der Waals surface area contributed by atoms with Crippen LogP contribution in [-0.4, -0.2) is 28.8 Å². The highest BCUT2D eigenvalue weighted by atomic mass is 35.5. The molecule has 1 aromatic heterocycles. The number of methoxy groups -OCH3 is 1. The number of para-hydroxylation sites is 1. The van der Waals surface area contributed by atoms with Crippen molar-refractivity contribution in [3.63, 3.8) is 0 Å². The fourth-order valence-electron chi connectivity index (χ4n) is 3.45. The summed E-state index contributed by atoms with van der Waals surface area (Å²) >= 11 is 6.16. The zero-order valence-corrected chi connectivity index (χ0v) is 17.8. The van der Waals surface area contributed by atoms with Gasteiger partial charge >= 0.3 is 0 Å². The minimum absolute atomic E-state index is 0.0663. The maximum absolute atomic E-state index is 13.4. The maximum Gasteiger partial charge on any atom is 0.278 e. The third-order valence-corrected chi connectivity index (χ3v) is 5.28. The van der Waals surface area contributed by atoms with E-state index in [0.29, 0.717) is 27.7 Å². The molecule has 31 heavy (non-hydrogen) atoms. The summed E-state index contributed by atoms with van der Waals surface area (Å²) in [5.74, 6) is -0.348. The SMILES string of the molecule is COc1ccccc1C1=C(Nc2cc(Cl)ccc2C)C(=O)N(Cc2ccccn2)C1=O. The van der Waals surface area contributed by atoms with Gasteiger partial charge in [0, 0.05) is 22.5 Å². The first kappa shape index (κ1) is 20.6. The van der Waals surface area contributed by atoms with Gasteiger partial charge in [-0.05, 0) is 42.8 Å². The van der Waals surface area contributed by atoms with E-state index < -0.39 is 11.8 Å². The number of pyridine rings is 1. The summed E-state index contributed by atoms with van der Waals surface area (Å²) in [5, 5.41) is 3.68. The van der Waals surface area contributed by atoms with Crippen molar-refractivity contribution >= 4 is 34.7 Å². The minimum Gasteiger partial charge on any atom is -0.496 e. The third kappa shape index (κ3) is 4.02. The summed E-state index contributed by atoms with van der Waals surface area (Å²) in [7, 11) is 1.53. The van der Waals surface area contributed by atoms with Crippen molar-refractivity contribution in [3.05, 3.63) is 94.4 Å². The van der Waals surface area contributed by atoms with Crippen LogP contribution in [0.25, 0.3) is 5.57 Å². The number of hydrogen-bond acceptors (Lipinski definition) is 5. The van der Waals surface area contributed by atoms with Crippen molar-refractivity contribution in [2.24, 2.45) is 0 Å². The first-order valence-corrected chi connectivity index (χ1v) is 10.0. The van der Waals surface area contributed by atoms with E-state index in [2.05, 4.69) is 10.3 Å². The van der Waals surface area contributed by atoms with E-state index in [1.165, 1.54) is 12.0 Å². The highest BCUT2D eigenvalue weighted by molar-refractivity contribution is 6.37. The number of aromatic nitrogens is 1. The zero-order valence-electron chi connectivity index (χ0n) is 17.1. The van der Waals surface area contributed by atoms with Crippen LogP contribution >= 0.6 is 11.6 Å². The van der Waals surface area contributed by atoms with Crippen LogP contribution in [0.4, 0.5) is 5.69 Å². The van der Waals surface area contributed by atoms with Gasteiger partial charge in [-0.2, -0.15) is 0 Å². The molecule has 1 N–H and O–H groups in total. The molecule has 4 rings (SSSR count). The number of anilines is 1. The molecule has 1 aliphatic rings. The van der Waals surface area contributed by atoms with Gasteiger partial charge in [-0.1, -0.05) is 41.9 Å². The number of nitrogens with one attached hydrogen (secondary N) is 1. The van der Waals surface area contributed by atoms with Crippen molar-refractivity contribution in [2.75, 3.05) is 12.4 Å². The van der Waals surface area contributed by atoms with E-state index >= 15 is 0 Å². The summed E-state index contributed by atoms with van der Waals surface area (Å²) < 4.78 is 5.46. The molecular weight excluding hydrogens is 414 g/mol. The number of rotatable bonds is 6. The monoisotopic (exact) mass is 433 g/mol. The number of imide groups is 1. The van der Waals surface area contributed by atoms with Gasteiger partial charge < -0.3 is 10.1 Å². The highest BCUT2D eigenvalue weighted by Gasteiger charge is 2.40. The van der Waals surface area contributed by atoms with Crippen LogP contribution in [0.3, 0.4) is 0 Å². The summed E-state index contributed by atoms with van der Waals surface area (Å²) in [4.78, 5) is 32.3. The largest absolute Gasteiger partial charge is 0.496 e. The fourth-order valence-corrected chi connectivity index (χ4v) is 3.63.